The van der Waals surface area contributed by atoms with Gasteiger partial charge in [0.2, 0.25) is 0 Å². The third-order valence-corrected chi connectivity index (χ3v) is 3.94. The van der Waals surface area contributed by atoms with Crippen molar-refractivity contribution in [3.63, 3.8) is 0 Å². The number of nitrogens with zero attached hydrogens (tertiary/aromatic N) is 5. The molecule has 1 N–H and O–H groups in total. The van der Waals surface area contributed by atoms with E-state index in [9.17, 15) is 0 Å². The summed E-state index contributed by atoms with van der Waals surface area (Å²) in [7, 11) is 0. The Bertz CT molecular complexity index is 572. The van der Waals surface area contributed by atoms with E-state index in [4.69, 9.17) is 0 Å². The Morgan fingerprint density at radius 3 is 3.15 bits per heavy atom. The van der Waals surface area contributed by atoms with Gasteiger partial charge in [-0.25, -0.2) is 4.98 Å². The molecule has 3 rings (SSSR count). The summed E-state index contributed by atoms with van der Waals surface area (Å²) < 4.78 is 1.84. The maximum Gasteiger partial charge on any atom is 0.254 e. The molecule has 0 aliphatic carbocycles. The lowest BCUT2D eigenvalue weighted by molar-refractivity contribution is 0.377. The van der Waals surface area contributed by atoms with E-state index in [1.807, 2.05) is 11.4 Å². The minimum Gasteiger partial charge on any atom is -0.356 e. The van der Waals surface area contributed by atoms with Gasteiger partial charge in [0.05, 0.1) is 0 Å². The number of aromatic nitrogens is 4. The maximum absolute atomic E-state index is 4.41. The molecule has 0 radical (unpaired) electrons. The standard InChI is InChI=1S/C14H22N6/c1-3-19(9-12-5-4-6-15-8-12)13-7-11(2)18-14-16-10-17-20(13)14/h7,10,12,15H,3-6,8-9H2,1-2H3. The Labute approximate surface area is 119 Å². The number of fused-ring (bicyclic) bond motifs is 1. The normalized spacial score (nSPS) is 19.4. The van der Waals surface area contributed by atoms with Crippen molar-refractivity contribution >= 4 is 11.6 Å². The predicted molar refractivity (Wildman–Crippen MR) is 79.0 cm³/mol. The van der Waals surface area contributed by atoms with Crippen LogP contribution in [0.1, 0.15) is 25.5 Å². The lowest BCUT2D eigenvalue weighted by Gasteiger charge is -2.30. The molecule has 108 valence electrons. The molecule has 0 amide bonds. The van der Waals surface area contributed by atoms with Crippen molar-refractivity contribution in [2.24, 2.45) is 5.92 Å². The first-order valence-electron chi connectivity index (χ1n) is 7.41. The highest BCUT2D eigenvalue weighted by atomic mass is 15.4. The molecular weight excluding hydrogens is 252 g/mol. The minimum atomic E-state index is 0.681. The molecule has 20 heavy (non-hydrogen) atoms. The van der Waals surface area contributed by atoms with Crippen molar-refractivity contribution < 1.29 is 0 Å². The van der Waals surface area contributed by atoms with Crippen LogP contribution in [0.4, 0.5) is 5.82 Å². The van der Waals surface area contributed by atoms with Gasteiger partial charge in [-0.3, -0.25) is 0 Å². The fourth-order valence-corrected chi connectivity index (χ4v) is 2.91. The van der Waals surface area contributed by atoms with Crippen molar-refractivity contribution in [2.45, 2.75) is 26.7 Å². The van der Waals surface area contributed by atoms with Crippen molar-refractivity contribution in [1.29, 1.82) is 0 Å². The molecule has 1 atom stereocenters. The summed E-state index contributed by atoms with van der Waals surface area (Å²) in [6.45, 7) is 8.49. The molecule has 1 unspecified atom stereocenters. The molecule has 6 nitrogen and oxygen atoms in total. The zero-order chi connectivity index (χ0) is 13.9. The van der Waals surface area contributed by atoms with E-state index in [1.54, 1.807) is 6.33 Å². The molecule has 1 aliphatic heterocycles. The van der Waals surface area contributed by atoms with E-state index in [0.717, 1.165) is 37.7 Å². The second-order valence-electron chi connectivity index (χ2n) is 5.48. The summed E-state index contributed by atoms with van der Waals surface area (Å²) >= 11 is 0. The summed E-state index contributed by atoms with van der Waals surface area (Å²) in [6, 6.07) is 2.10. The van der Waals surface area contributed by atoms with E-state index < -0.39 is 0 Å². The van der Waals surface area contributed by atoms with E-state index in [0.29, 0.717) is 11.7 Å². The molecular formula is C14H22N6. The number of nitrogens with one attached hydrogen (secondary N) is 1. The zero-order valence-corrected chi connectivity index (χ0v) is 12.2. The van der Waals surface area contributed by atoms with Crippen molar-refractivity contribution in [1.82, 2.24) is 24.9 Å². The Kier molecular flexibility index (Phi) is 3.82. The van der Waals surface area contributed by atoms with Gasteiger partial charge in [0.1, 0.15) is 12.1 Å². The molecule has 6 heteroatoms. The predicted octanol–water partition coefficient (Wildman–Crippen LogP) is 1.26. The molecule has 0 bridgehead atoms. The first-order valence-corrected chi connectivity index (χ1v) is 7.41. The van der Waals surface area contributed by atoms with Crippen LogP contribution in [0.25, 0.3) is 5.78 Å². The van der Waals surface area contributed by atoms with E-state index >= 15 is 0 Å². The fourth-order valence-electron chi connectivity index (χ4n) is 2.91. The second-order valence-corrected chi connectivity index (χ2v) is 5.48. The number of anilines is 1. The van der Waals surface area contributed by atoms with Gasteiger partial charge < -0.3 is 10.2 Å². The second kappa shape index (κ2) is 5.75. The van der Waals surface area contributed by atoms with Gasteiger partial charge in [0.15, 0.2) is 0 Å². The number of piperidine rings is 1. The SMILES string of the molecule is CCN(CC1CCCNC1)c1cc(C)nc2ncnn12. The van der Waals surface area contributed by atoms with Crippen LogP contribution in [0.5, 0.6) is 0 Å². The average Bonchev–Trinajstić information content (AvgIpc) is 2.93. The van der Waals surface area contributed by atoms with E-state index in [-0.39, 0.29) is 0 Å². The highest BCUT2D eigenvalue weighted by Crippen LogP contribution is 2.19. The topological polar surface area (TPSA) is 58.3 Å². The molecule has 1 fully saturated rings. The summed E-state index contributed by atoms with van der Waals surface area (Å²) in [5, 5.41) is 7.79. The van der Waals surface area contributed by atoms with Gasteiger partial charge in [0, 0.05) is 24.8 Å². The Hall–Kier alpha value is -1.69. The third-order valence-electron chi connectivity index (χ3n) is 3.94. The highest BCUT2D eigenvalue weighted by molar-refractivity contribution is 5.47. The number of hydrogen-bond donors (Lipinski definition) is 1. The van der Waals surface area contributed by atoms with Gasteiger partial charge in [-0.05, 0) is 45.7 Å². The number of hydrogen-bond acceptors (Lipinski definition) is 5. The molecule has 3 heterocycles. The van der Waals surface area contributed by atoms with Crippen LogP contribution in [-0.2, 0) is 0 Å². The summed E-state index contributed by atoms with van der Waals surface area (Å²) in [5.74, 6) is 2.48. The molecule has 0 spiro atoms. The first kappa shape index (κ1) is 13.3. The molecule has 2 aromatic rings. The molecule has 0 saturated carbocycles. The van der Waals surface area contributed by atoms with Crippen LogP contribution < -0.4 is 10.2 Å². The monoisotopic (exact) mass is 274 g/mol. The zero-order valence-electron chi connectivity index (χ0n) is 12.2. The van der Waals surface area contributed by atoms with Crippen LogP contribution in [0.3, 0.4) is 0 Å². The summed E-state index contributed by atoms with van der Waals surface area (Å²) in [6.07, 6.45) is 4.14. The van der Waals surface area contributed by atoms with Gasteiger partial charge >= 0.3 is 0 Å². The maximum atomic E-state index is 4.41. The Balaban J connectivity index is 1.88. The lowest BCUT2D eigenvalue weighted by atomic mass is 9.99. The lowest BCUT2D eigenvalue weighted by Crippen LogP contribution is -2.39. The van der Waals surface area contributed by atoms with Crippen molar-refractivity contribution in [3.8, 4) is 0 Å². The molecule has 1 aliphatic rings. The van der Waals surface area contributed by atoms with Crippen LogP contribution in [0.15, 0.2) is 12.4 Å². The first-order chi connectivity index (χ1) is 9.78. The smallest absolute Gasteiger partial charge is 0.254 e. The van der Waals surface area contributed by atoms with Gasteiger partial charge in [0.25, 0.3) is 5.78 Å². The minimum absolute atomic E-state index is 0.681. The van der Waals surface area contributed by atoms with Crippen LogP contribution in [-0.4, -0.2) is 45.8 Å². The van der Waals surface area contributed by atoms with Crippen LogP contribution in [0, 0.1) is 12.8 Å². The average molecular weight is 274 g/mol. The molecule has 2 aromatic heterocycles. The van der Waals surface area contributed by atoms with Crippen molar-refractivity contribution in [3.05, 3.63) is 18.1 Å². The Morgan fingerprint density at radius 2 is 2.40 bits per heavy atom. The van der Waals surface area contributed by atoms with Crippen molar-refractivity contribution in [2.75, 3.05) is 31.1 Å². The van der Waals surface area contributed by atoms with Crippen LogP contribution >= 0.6 is 0 Å². The van der Waals surface area contributed by atoms with Gasteiger partial charge in [-0.15, -0.1) is 0 Å². The van der Waals surface area contributed by atoms with Gasteiger partial charge in [-0.1, -0.05) is 0 Å². The molecule has 1 saturated heterocycles. The largest absolute Gasteiger partial charge is 0.356 e. The fraction of sp³-hybridized carbons (Fsp3) is 0.643. The van der Waals surface area contributed by atoms with Gasteiger partial charge in [-0.2, -0.15) is 14.6 Å². The highest BCUT2D eigenvalue weighted by Gasteiger charge is 2.19. The number of rotatable bonds is 4. The number of aryl methyl sites for hydroxylation is 1. The van der Waals surface area contributed by atoms with Crippen LogP contribution in [0.2, 0.25) is 0 Å². The summed E-state index contributed by atoms with van der Waals surface area (Å²) in [5.41, 5.74) is 0.987. The quantitative estimate of drug-likeness (QED) is 0.909. The third kappa shape index (κ3) is 2.60. The summed E-state index contributed by atoms with van der Waals surface area (Å²) in [4.78, 5) is 11.0. The molecule has 0 aromatic carbocycles. The van der Waals surface area contributed by atoms with E-state index in [2.05, 4.69) is 38.3 Å². The van der Waals surface area contributed by atoms with E-state index in [1.165, 1.54) is 12.8 Å². The Morgan fingerprint density at radius 1 is 1.50 bits per heavy atom.